The van der Waals surface area contributed by atoms with E-state index in [1.165, 1.54) is 31.4 Å². The van der Waals surface area contributed by atoms with Gasteiger partial charge in [-0.1, -0.05) is 24.3 Å². The smallest absolute Gasteiger partial charge is 0.356 e. The summed E-state index contributed by atoms with van der Waals surface area (Å²) in [6, 6.07) is 15.9. The molecule has 16 heteroatoms. The molecule has 0 spiro atoms. The van der Waals surface area contributed by atoms with Crippen LogP contribution < -0.4 is 0 Å². The summed E-state index contributed by atoms with van der Waals surface area (Å²) in [4.78, 5) is 31.6. The number of rotatable bonds is 14. The van der Waals surface area contributed by atoms with E-state index in [-0.39, 0.29) is 41.8 Å². The Labute approximate surface area is 350 Å². The van der Waals surface area contributed by atoms with Gasteiger partial charge in [0.15, 0.2) is 11.6 Å². The van der Waals surface area contributed by atoms with E-state index in [1.807, 2.05) is 49.2 Å². The fraction of sp³-hybridized carbons (Fsp3) is 0.378. The lowest BCUT2D eigenvalue weighted by Crippen LogP contribution is -2.24. The number of halogens is 2. The third kappa shape index (κ3) is 11.0. The van der Waals surface area contributed by atoms with Crippen LogP contribution in [0.4, 0.5) is 8.78 Å². The molecular weight excluding hydrogens is 795 g/mol. The summed E-state index contributed by atoms with van der Waals surface area (Å²) < 4.78 is 69.6. The van der Waals surface area contributed by atoms with Gasteiger partial charge in [-0.2, -0.15) is 0 Å². The van der Waals surface area contributed by atoms with E-state index < -0.39 is 23.5 Å². The van der Waals surface area contributed by atoms with E-state index in [0.717, 1.165) is 44.1 Å². The highest BCUT2D eigenvalue weighted by atomic mass is 19.1. The zero-order valence-corrected chi connectivity index (χ0v) is 34.6. The van der Waals surface area contributed by atoms with Crippen molar-refractivity contribution in [3.05, 3.63) is 131 Å². The minimum atomic E-state index is -1.09. The molecule has 14 nitrogen and oxygen atoms in total. The molecule has 0 saturated carbocycles. The summed E-state index contributed by atoms with van der Waals surface area (Å²) in [5, 5.41) is 10.9. The van der Waals surface area contributed by atoms with Crippen LogP contribution in [-0.4, -0.2) is 93.5 Å². The van der Waals surface area contributed by atoms with Gasteiger partial charge >= 0.3 is 11.9 Å². The Bertz CT molecular complexity index is 2480. The van der Waals surface area contributed by atoms with Crippen molar-refractivity contribution in [3.8, 4) is 0 Å². The van der Waals surface area contributed by atoms with Crippen molar-refractivity contribution in [2.75, 3.05) is 33.5 Å². The second kappa shape index (κ2) is 18.6. The van der Waals surface area contributed by atoms with Crippen molar-refractivity contribution < 1.29 is 56.6 Å². The SMILES string of the molecule is CC1(C)OCC(COCc2cn(Cc3ccc(F)cc3)c3cnc(C(=O)O)cc23)O1.COC(=O)c1cc2c(COCC3COC(C)(C)O3)cn(Cc3ccc(F)cc3)c2cn1. The third-order valence-corrected chi connectivity index (χ3v) is 10.1. The predicted octanol–water partition coefficient (Wildman–Crippen LogP) is 7.27. The molecule has 2 atom stereocenters. The Hall–Kier alpha value is -5.62. The minimum Gasteiger partial charge on any atom is -0.477 e. The van der Waals surface area contributed by atoms with Gasteiger partial charge in [-0.05, 0) is 75.2 Å². The summed E-state index contributed by atoms with van der Waals surface area (Å²) in [6.07, 6.45) is 6.79. The van der Waals surface area contributed by atoms with Crippen molar-refractivity contribution in [2.45, 2.75) is 77.8 Å². The number of carbonyl (C=O) groups is 2. The summed E-state index contributed by atoms with van der Waals surface area (Å²) >= 11 is 0. The van der Waals surface area contributed by atoms with Gasteiger partial charge in [-0.25, -0.2) is 28.3 Å². The first-order valence-electron chi connectivity index (χ1n) is 19.7. The molecule has 0 bridgehead atoms. The number of hydrogen-bond acceptors (Lipinski definition) is 11. The Kier molecular flexibility index (Phi) is 13.2. The van der Waals surface area contributed by atoms with E-state index in [1.54, 1.807) is 48.8 Å². The van der Waals surface area contributed by atoms with Gasteiger partial charge < -0.3 is 47.4 Å². The molecule has 2 unspecified atom stereocenters. The number of esters is 1. The van der Waals surface area contributed by atoms with Crippen molar-refractivity contribution in [3.63, 3.8) is 0 Å². The van der Waals surface area contributed by atoms with Gasteiger partial charge in [0.25, 0.3) is 0 Å². The van der Waals surface area contributed by atoms with Crippen molar-refractivity contribution in [1.29, 1.82) is 0 Å². The van der Waals surface area contributed by atoms with Crippen LogP contribution in [0, 0.1) is 11.6 Å². The number of methoxy groups -OCH3 is 1. The van der Waals surface area contributed by atoms with Gasteiger partial charge in [-0.3, -0.25) is 0 Å². The number of ether oxygens (including phenoxy) is 7. The van der Waals surface area contributed by atoms with Crippen molar-refractivity contribution >= 4 is 33.7 Å². The number of fused-ring (bicyclic) bond motifs is 2. The topological polar surface area (TPSA) is 155 Å². The molecule has 322 valence electrons. The lowest BCUT2D eigenvalue weighted by molar-refractivity contribution is -0.146. The van der Waals surface area contributed by atoms with E-state index >= 15 is 0 Å². The van der Waals surface area contributed by atoms with Crippen LogP contribution >= 0.6 is 0 Å². The number of nitrogens with zero attached hydrogens (tertiary/aromatic N) is 4. The molecule has 6 aromatic rings. The monoisotopic (exact) mass is 842 g/mol. The van der Waals surface area contributed by atoms with Crippen LogP contribution in [-0.2, 0) is 59.5 Å². The lowest BCUT2D eigenvalue weighted by Gasteiger charge is -2.17. The highest BCUT2D eigenvalue weighted by Crippen LogP contribution is 2.28. The normalized spacial score (nSPS) is 18.0. The van der Waals surface area contributed by atoms with Crippen molar-refractivity contribution in [1.82, 2.24) is 19.1 Å². The number of benzene rings is 2. The number of carboxylic acids is 1. The van der Waals surface area contributed by atoms with E-state index in [4.69, 9.17) is 33.2 Å². The van der Waals surface area contributed by atoms with Gasteiger partial charge in [0.2, 0.25) is 0 Å². The van der Waals surface area contributed by atoms with Crippen LogP contribution in [0.25, 0.3) is 21.8 Å². The number of aromatic nitrogens is 4. The molecular formula is C45H48F2N4O10. The maximum absolute atomic E-state index is 13.3. The first-order chi connectivity index (χ1) is 29.1. The predicted molar refractivity (Wildman–Crippen MR) is 218 cm³/mol. The molecule has 0 aliphatic carbocycles. The second-order valence-electron chi connectivity index (χ2n) is 15.7. The molecule has 2 saturated heterocycles. The first-order valence-corrected chi connectivity index (χ1v) is 19.7. The van der Waals surface area contributed by atoms with Gasteiger partial charge in [-0.15, -0.1) is 0 Å². The summed E-state index contributed by atoms with van der Waals surface area (Å²) in [5.74, 6) is -3.37. The molecule has 0 radical (unpaired) electrons. The lowest BCUT2D eigenvalue weighted by atomic mass is 10.2. The zero-order valence-electron chi connectivity index (χ0n) is 34.6. The molecule has 4 aromatic heterocycles. The average Bonchev–Trinajstić information content (AvgIpc) is 3.98. The molecule has 2 aliphatic rings. The van der Waals surface area contributed by atoms with Crippen LogP contribution in [0.2, 0.25) is 0 Å². The largest absolute Gasteiger partial charge is 0.477 e. The van der Waals surface area contributed by atoms with Crippen LogP contribution in [0.5, 0.6) is 0 Å². The quantitative estimate of drug-likeness (QED) is 0.110. The number of hydrogen-bond donors (Lipinski definition) is 1. The molecule has 0 amide bonds. The van der Waals surface area contributed by atoms with Crippen LogP contribution in [0.1, 0.15) is 70.9 Å². The number of carboxylic acid groups (broad SMARTS) is 1. The molecule has 6 heterocycles. The Morgan fingerprint density at radius 2 is 1.15 bits per heavy atom. The fourth-order valence-corrected chi connectivity index (χ4v) is 7.21. The highest BCUT2D eigenvalue weighted by molar-refractivity contribution is 5.94. The molecule has 1 N–H and O–H groups in total. The van der Waals surface area contributed by atoms with Gasteiger partial charge in [0.05, 0.1) is 70.2 Å². The number of carbonyl (C=O) groups excluding carboxylic acids is 1. The Morgan fingerprint density at radius 3 is 1.54 bits per heavy atom. The van der Waals surface area contributed by atoms with Crippen LogP contribution in [0.15, 0.2) is 85.5 Å². The second-order valence-corrected chi connectivity index (χ2v) is 15.7. The average molecular weight is 843 g/mol. The molecule has 2 aromatic carbocycles. The molecule has 2 aliphatic heterocycles. The summed E-state index contributed by atoms with van der Waals surface area (Å²) in [5.41, 5.74) is 5.44. The standard InChI is InChI=1S/C23H25FN2O5.C22H23FN2O5/c1-23(2)30-14-18(31-23)13-29-12-16-11-26(10-15-4-6-17(24)7-5-15)21-9-25-20(8-19(16)21)22(27)28-3;1-22(2)29-13-17(30-22)12-28-11-15-10-25(9-14-3-5-16(23)6-4-14)20-8-24-19(21(26)27)7-18(15)20/h4-9,11,18H,10,12-14H2,1-3H3;3-8,10,17H,9,11-13H2,1-2H3,(H,26,27). The van der Waals surface area contributed by atoms with E-state index in [9.17, 15) is 23.5 Å². The first kappa shape index (κ1) is 43.5. The minimum absolute atomic E-state index is 0.0300. The molecule has 61 heavy (non-hydrogen) atoms. The fourth-order valence-electron chi connectivity index (χ4n) is 7.21. The van der Waals surface area contributed by atoms with Crippen LogP contribution in [0.3, 0.4) is 0 Å². The number of aromatic carboxylic acids is 1. The Morgan fingerprint density at radius 1 is 0.721 bits per heavy atom. The summed E-state index contributed by atoms with van der Waals surface area (Å²) in [6.45, 7) is 10.8. The highest BCUT2D eigenvalue weighted by Gasteiger charge is 2.33. The number of pyridine rings is 2. The zero-order chi connectivity index (χ0) is 43.3. The van der Waals surface area contributed by atoms with E-state index in [2.05, 4.69) is 9.97 Å². The summed E-state index contributed by atoms with van der Waals surface area (Å²) in [7, 11) is 1.32. The Balaban J connectivity index is 0.000000184. The maximum atomic E-state index is 13.3. The maximum Gasteiger partial charge on any atom is 0.356 e. The van der Waals surface area contributed by atoms with E-state index in [0.29, 0.717) is 46.1 Å². The molecule has 2 fully saturated rings. The van der Waals surface area contributed by atoms with Crippen molar-refractivity contribution in [2.24, 2.45) is 0 Å². The van der Waals surface area contributed by atoms with Gasteiger partial charge in [0.1, 0.15) is 35.2 Å². The third-order valence-electron chi connectivity index (χ3n) is 10.1. The molecule has 8 rings (SSSR count). The van der Waals surface area contributed by atoms with Gasteiger partial charge in [0, 0.05) is 47.4 Å².